The molecule has 98 valence electrons. The summed E-state index contributed by atoms with van der Waals surface area (Å²) in [4.78, 5) is 0. The van der Waals surface area contributed by atoms with Crippen LogP contribution in [0.5, 0.6) is 0 Å². The highest BCUT2D eigenvalue weighted by molar-refractivity contribution is 5.25. The first-order valence-corrected chi connectivity index (χ1v) is 7.13. The van der Waals surface area contributed by atoms with Crippen molar-refractivity contribution in [1.29, 1.82) is 0 Å². The van der Waals surface area contributed by atoms with Crippen LogP contribution in [0, 0.1) is 13.8 Å². The van der Waals surface area contributed by atoms with E-state index in [0.717, 1.165) is 11.5 Å². The van der Waals surface area contributed by atoms with Crippen molar-refractivity contribution >= 4 is 0 Å². The molecule has 1 heterocycles. The Morgan fingerprint density at radius 3 is 2.29 bits per heavy atom. The molecule has 2 nitrogen and oxygen atoms in total. The van der Waals surface area contributed by atoms with Gasteiger partial charge in [-0.1, -0.05) is 51.1 Å². The molecule has 1 unspecified atom stereocenters. The summed E-state index contributed by atoms with van der Waals surface area (Å²) < 4.78 is 5.30. The molecule has 0 radical (unpaired) electrons. The first kappa shape index (κ1) is 14.3. The highest BCUT2D eigenvalue weighted by Crippen LogP contribution is 2.31. The zero-order chi connectivity index (χ0) is 12.7. The van der Waals surface area contributed by atoms with Gasteiger partial charge in [0.1, 0.15) is 5.76 Å². The Bertz CT molecular complexity index is 297. The number of aryl methyl sites for hydroxylation is 2. The van der Waals surface area contributed by atoms with E-state index < -0.39 is 0 Å². The molecule has 0 aliphatic rings. The van der Waals surface area contributed by atoms with Crippen LogP contribution in [0.2, 0.25) is 0 Å². The second-order valence-corrected chi connectivity index (χ2v) is 5.07. The van der Waals surface area contributed by atoms with Crippen LogP contribution in [-0.4, -0.2) is 5.16 Å². The van der Waals surface area contributed by atoms with Crippen molar-refractivity contribution in [1.82, 2.24) is 5.16 Å². The zero-order valence-electron chi connectivity index (χ0n) is 11.9. The largest absolute Gasteiger partial charge is 0.361 e. The number of nitrogens with zero attached hydrogens (tertiary/aromatic N) is 1. The summed E-state index contributed by atoms with van der Waals surface area (Å²) >= 11 is 0. The Morgan fingerprint density at radius 1 is 1.00 bits per heavy atom. The molecule has 2 heteroatoms. The third kappa shape index (κ3) is 4.18. The van der Waals surface area contributed by atoms with E-state index in [1.807, 2.05) is 6.92 Å². The first-order valence-electron chi connectivity index (χ1n) is 7.13. The molecule has 0 bridgehead atoms. The predicted molar refractivity (Wildman–Crippen MR) is 72.4 cm³/mol. The average Bonchev–Trinajstić information content (AvgIpc) is 2.63. The van der Waals surface area contributed by atoms with Gasteiger partial charge in [-0.3, -0.25) is 0 Å². The molecule has 0 aromatic carbocycles. The SMILES string of the molecule is CCCCCCC(CCC)c1c(C)noc1C. The summed E-state index contributed by atoms with van der Waals surface area (Å²) in [6.45, 7) is 8.64. The summed E-state index contributed by atoms with van der Waals surface area (Å²) in [6, 6.07) is 0. The number of unbranched alkanes of at least 4 members (excludes halogenated alkanes) is 3. The lowest BCUT2D eigenvalue weighted by Crippen LogP contribution is -2.01. The fourth-order valence-electron chi connectivity index (χ4n) is 2.67. The van der Waals surface area contributed by atoms with E-state index >= 15 is 0 Å². The molecule has 0 aliphatic heterocycles. The minimum Gasteiger partial charge on any atom is -0.361 e. The van der Waals surface area contributed by atoms with Crippen molar-refractivity contribution in [3.8, 4) is 0 Å². The van der Waals surface area contributed by atoms with Gasteiger partial charge in [-0.05, 0) is 32.6 Å². The van der Waals surface area contributed by atoms with E-state index in [4.69, 9.17) is 4.52 Å². The number of rotatable bonds is 8. The Balaban J connectivity index is 2.59. The van der Waals surface area contributed by atoms with Crippen LogP contribution >= 0.6 is 0 Å². The molecule has 1 aromatic heterocycles. The molecule has 0 fully saturated rings. The van der Waals surface area contributed by atoms with Crippen molar-refractivity contribution in [2.75, 3.05) is 0 Å². The van der Waals surface area contributed by atoms with Crippen LogP contribution in [0.4, 0.5) is 0 Å². The molecule has 0 N–H and O–H groups in total. The lowest BCUT2D eigenvalue weighted by atomic mass is 9.88. The Labute approximate surface area is 106 Å². The predicted octanol–water partition coefficient (Wildman–Crippen LogP) is 5.15. The molecule has 0 aliphatic carbocycles. The molecule has 0 saturated carbocycles. The summed E-state index contributed by atoms with van der Waals surface area (Å²) in [5.41, 5.74) is 2.47. The Kier molecular flexibility index (Phi) is 6.31. The lowest BCUT2D eigenvalue weighted by Gasteiger charge is -2.15. The molecule has 0 saturated heterocycles. The quantitative estimate of drug-likeness (QED) is 0.585. The van der Waals surface area contributed by atoms with Gasteiger partial charge in [-0.2, -0.15) is 0 Å². The van der Waals surface area contributed by atoms with Crippen LogP contribution in [0.3, 0.4) is 0 Å². The molecule has 1 atom stereocenters. The maximum atomic E-state index is 5.30. The zero-order valence-corrected chi connectivity index (χ0v) is 11.9. The van der Waals surface area contributed by atoms with Crippen LogP contribution < -0.4 is 0 Å². The molecular weight excluding hydrogens is 210 g/mol. The third-order valence-electron chi connectivity index (χ3n) is 3.54. The smallest absolute Gasteiger partial charge is 0.137 e. The van der Waals surface area contributed by atoms with E-state index in [2.05, 4.69) is 25.9 Å². The van der Waals surface area contributed by atoms with Crippen molar-refractivity contribution < 1.29 is 4.52 Å². The minimum absolute atomic E-state index is 0.656. The molecule has 0 spiro atoms. The van der Waals surface area contributed by atoms with Crippen LogP contribution in [0.25, 0.3) is 0 Å². The monoisotopic (exact) mass is 237 g/mol. The van der Waals surface area contributed by atoms with Gasteiger partial charge < -0.3 is 4.52 Å². The average molecular weight is 237 g/mol. The van der Waals surface area contributed by atoms with E-state index in [9.17, 15) is 0 Å². The van der Waals surface area contributed by atoms with Gasteiger partial charge >= 0.3 is 0 Å². The minimum atomic E-state index is 0.656. The maximum absolute atomic E-state index is 5.30. The number of hydrogen-bond acceptors (Lipinski definition) is 2. The standard InChI is InChI=1S/C15H27NO/c1-5-7-8-9-11-14(10-6-2)15-12(3)16-17-13(15)4/h14H,5-11H2,1-4H3. The highest BCUT2D eigenvalue weighted by Gasteiger charge is 2.19. The van der Waals surface area contributed by atoms with E-state index in [0.29, 0.717) is 5.92 Å². The van der Waals surface area contributed by atoms with Crippen molar-refractivity contribution in [3.63, 3.8) is 0 Å². The van der Waals surface area contributed by atoms with E-state index in [-0.39, 0.29) is 0 Å². The highest BCUT2D eigenvalue weighted by atomic mass is 16.5. The van der Waals surface area contributed by atoms with Gasteiger partial charge in [0, 0.05) is 5.56 Å². The van der Waals surface area contributed by atoms with Crippen molar-refractivity contribution in [3.05, 3.63) is 17.0 Å². The number of hydrogen-bond donors (Lipinski definition) is 0. The fourth-order valence-corrected chi connectivity index (χ4v) is 2.67. The van der Waals surface area contributed by atoms with Gasteiger partial charge in [0.15, 0.2) is 0 Å². The molecule has 17 heavy (non-hydrogen) atoms. The molecular formula is C15H27NO. The van der Waals surface area contributed by atoms with Gasteiger partial charge in [0.2, 0.25) is 0 Å². The maximum Gasteiger partial charge on any atom is 0.137 e. The van der Waals surface area contributed by atoms with Gasteiger partial charge in [-0.25, -0.2) is 0 Å². The second kappa shape index (κ2) is 7.52. The third-order valence-corrected chi connectivity index (χ3v) is 3.54. The Hall–Kier alpha value is -0.790. The van der Waals surface area contributed by atoms with E-state index in [1.54, 1.807) is 0 Å². The summed E-state index contributed by atoms with van der Waals surface area (Å²) in [7, 11) is 0. The summed E-state index contributed by atoms with van der Waals surface area (Å²) in [5, 5.41) is 4.09. The fraction of sp³-hybridized carbons (Fsp3) is 0.800. The van der Waals surface area contributed by atoms with Gasteiger partial charge in [0.25, 0.3) is 0 Å². The van der Waals surface area contributed by atoms with Gasteiger partial charge in [-0.15, -0.1) is 0 Å². The summed E-state index contributed by atoms with van der Waals surface area (Å²) in [5.74, 6) is 1.68. The van der Waals surface area contributed by atoms with Crippen LogP contribution in [-0.2, 0) is 0 Å². The first-order chi connectivity index (χ1) is 8.20. The van der Waals surface area contributed by atoms with Crippen LogP contribution in [0.15, 0.2) is 4.52 Å². The van der Waals surface area contributed by atoms with Gasteiger partial charge in [0.05, 0.1) is 5.69 Å². The number of aromatic nitrogens is 1. The Morgan fingerprint density at radius 2 is 1.76 bits per heavy atom. The normalized spacial score (nSPS) is 12.9. The molecule has 1 aromatic rings. The van der Waals surface area contributed by atoms with Crippen LogP contribution in [0.1, 0.15) is 81.7 Å². The molecule has 0 amide bonds. The summed E-state index contributed by atoms with van der Waals surface area (Å²) in [6.07, 6.45) is 9.15. The van der Waals surface area contributed by atoms with Crippen molar-refractivity contribution in [2.24, 2.45) is 0 Å². The molecule has 1 rings (SSSR count). The second-order valence-electron chi connectivity index (χ2n) is 5.07. The topological polar surface area (TPSA) is 26.0 Å². The van der Waals surface area contributed by atoms with E-state index in [1.165, 1.54) is 50.5 Å². The lowest BCUT2D eigenvalue weighted by molar-refractivity contribution is 0.390. The van der Waals surface area contributed by atoms with Crippen molar-refractivity contribution in [2.45, 2.75) is 78.6 Å².